The molecule has 1 N–H and O–H groups in total. The second-order valence-electron chi connectivity index (χ2n) is 7.41. The quantitative estimate of drug-likeness (QED) is 0.780. The van der Waals surface area contributed by atoms with Crippen LogP contribution in [0, 0.1) is 6.92 Å². The molecule has 0 saturated carbocycles. The van der Waals surface area contributed by atoms with E-state index in [1.165, 1.54) is 11.1 Å². The van der Waals surface area contributed by atoms with Gasteiger partial charge in [-0.2, -0.15) is 0 Å². The van der Waals surface area contributed by atoms with Crippen molar-refractivity contribution < 1.29 is 14.3 Å². The van der Waals surface area contributed by atoms with Crippen LogP contribution >= 0.6 is 0 Å². The number of nitrogens with one attached hydrogen (secondary N) is 1. The number of rotatable bonds is 7. The lowest BCUT2D eigenvalue weighted by Crippen LogP contribution is -2.51. The fraction of sp³-hybridized carbons (Fsp3) is 0.435. The summed E-state index contributed by atoms with van der Waals surface area (Å²) in [4.78, 5) is 16.7. The number of carbonyl (C=O) groups is 1. The Labute approximate surface area is 173 Å². The Morgan fingerprint density at radius 3 is 2.24 bits per heavy atom. The number of benzene rings is 2. The molecule has 1 fully saturated rings. The molecular formula is C23H31N3O3. The lowest BCUT2D eigenvalue weighted by atomic mass is 10.1. The van der Waals surface area contributed by atoms with Gasteiger partial charge in [-0.05, 0) is 36.6 Å². The van der Waals surface area contributed by atoms with Crippen LogP contribution in [0.1, 0.15) is 16.7 Å². The van der Waals surface area contributed by atoms with Gasteiger partial charge in [0.15, 0.2) is 11.5 Å². The van der Waals surface area contributed by atoms with Crippen molar-refractivity contribution in [3.8, 4) is 11.5 Å². The fourth-order valence-corrected chi connectivity index (χ4v) is 3.49. The van der Waals surface area contributed by atoms with Crippen molar-refractivity contribution in [2.45, 2.75) is 19.9 Å². The fourth-order valence-electron chi connectivity index (χ4n) is 3.49. The first-order valence-electron chi connectivity index (χ1n) is 10.1. The van der Waals surface area contributed by atoms with Gasteiger partial charge in [-0.25, -0.2) is 4.79 Å². The summed E-state index contributed by atoms with van der Waals surface area (Å²) in [6.07, 6.45) is 0.944. The maximum atomic E-state index is 12.4. The van der Waals surface area contributed by atoms with E-state index in [0.29, 0.717) is 6.54 Å². The zero-order valence-electron chi connectivity index (χ0n) is 17.6. The molecule has 1 heterocycles. The molecule has 2 amide bonds. The molecule has 0 atom stereocenters. The number of methoxy groups -OCH3 is 2. The van der Waals surface area contributed by atoms with Crippen LogP contribution in [0.25, 0.3) is 0 Å². The number of hydrogen-bond acceptors (Lipinski definition) is 4. The number of nitrogens with zero attached hydrogens (tertiary/aromatic N) is 2. The number of piperazine rings is 1. The van der Waals surface area contributed by atoms with Gasteiger partial charge in [0, 0.05) is 39.3 Å². The third-order valence-corrected chi connectivity index (χ3v) is 5.39. The monoisotopic (exact) mass is 397 g/mol. The molecule has 6 nitrogen and oxygen atoms in total. The predicted molar refractivity (Wildman–Crippen MR) is 115 cm³/mol. The van der Waals surface area contributed by atoms with E-state index in [1.54, 1.807) is 14.2 Å². The van der Waals surface area contributed by atoms with Crippen LogP contribution in [-0.2, 0) is 13.0 Å². The van der Waals surface area contributed by atoms with Gasteiger partial charge in [0.25, 0.3) is 0 Å². The highest BCUT2D eigenvalue weighted by molar-refractivity contribution is 5.74. The highest BCUT2D eigenvalue weighted by atomic mass is 16.5. The van der Waals surface area contributed by atoms with E-state index in [4.69, 9.17) is 9.47 Å². The predicted octanol–water partition coefficient (Wildman–Crippen LogP) is 3.08. The van der Waals surface area contributed by atoms with Gasteiger partial charge in [-0.15, -0.1) is 0 Å². The Hall–Kier alpha value is -2.73. The van der Waals surface area contributed by atoms with Crippen LogP contribution in [0.3, 0.4) is 0 Å². The van der Waals surface area contributed by atoms with Gasteiger partial charge in [-0.1, -0.05) is 35.9 Å². The maximum Gasteiger partial charge on any atom is 0.317 e. The number of hydrogen-bond donors (Lipinski definition) is 1. The van der Waals surface area contributed by atoms with Crippen LogP contribution in [0.5, 0.6) is 11.5 Å². The van der Waals surface area contributed by atoms with Crippen LogP contribution in [0.2, 0.25) is 0 Å². The molecule has 29 heavy (non-hydrogen) atoms. The molecule has 0 aliphatic carbocycles. The third-order valence-electron chi connectivity index (χ3n) is 5.39. The summed E-state index contributed by atoms with van der Waals surface area (Å²) >= 11 is 0. The zero-order valence-corrected chi connectivity index (χ0v) is 17.6. The minimum Gasteiger partial charge on any atom is -0.493 e. The van der Waals surface area contributed by atoms with Gasteiger partial charge in [0.05, 0.1) is 14.2 Å². The van der Waals surface area contributed by atoms with Gasteiger partial charge in [0.2, 0.25) is 0 Å². The van der Waals surface area contributed by atoms with E-state index < -0.39 is 0 Å². The second-order valence-corrected chi connectivity index (χ2v) is 7.41. The molecule has 0 spiro atoms. The van der Waals surface area contributed by atoms with E-state index in [-0.39, 0.29) is 6.03 Å². The SMILES string of the molecule is COc1ccc(CCN2CCN(C(=O)NCc3ccc(C)cc3)CC2)cc1OC. The largest absolute Gasteiger partial charge is 0.493 e. The Morgan fingerprint density at radius 2 is 1.59 bits per heavy atom. The van der Waals surface area contributed by atoms with E-state index in [2.05, 4.69) is 47.5 Å². The van der Waals surface area contributed by atoms with Crippen molar-refractivity contribution in [2.24, 2.45) is 0 Å². The molecule has 1 aliphatic heterocycles. The number of aryl methyl sites for hydroxylation is 1. The van der Waals surface area contributed by atoms with Gasteiger partial charge < -0.3 is 19.7 Å². The minimum absolute atomic E-state index is 0.0186. The molecule has 0 bridgehead atoms. The standard InChI is InChI=1S/C23H31N3O3/c1-18-4-6-20(7-5-18)17-24-23(27)26-14-12-25(13-15-26)11-10-19-8-9-21(28-2)22(16-19)29-3/h4-9,16H,10-15,17H2,1-3H3,(H,24,27). The van der Waals surface area contributed by atoms with Crippen molar-refractivity contribution in [1.29, 1.82) is 0 Å². The van der Waals surface area contributed by atoms with Crippen LogP contribution < -0.4 is 14.8 Å². The Morgan fingerprint density at radius 1 is 0.931 bits per heavy atom. The second kappa shape index (κ2) is 10.2. The molecule has 1 saturated heterocycles. The first-order valence-corrected chi connectivity index (χ1v) is 10.1. The Kier molecular flexibility index (Phi) is 7.36. The summed E-state index contributed by atoms with van der Waals surface area (Å²) in [6, 6.07) is 14.3. The van der Waals surface area contributed by atoms with Crippen molar-refractivity contribution in [3.63, 3.8) is 0 Å². The average Bonchev–Trinajstić information content (AvgIpc) is 2.77. The van der Waals surface area contributed by atoms with Gasteiger partial charge >= 0.3 is 6.03 Å². The van der Waals surface area contributed by atoms with Crippen molar-refractivity contribution in [1.82, 2.24) is 15.1 Å². The van der Waals surface area contributed by atoms with E-state index >= 15 is 0 Å². The number of carbonyl (C=O) groups excluding carboxylic acids is 1. The first kappa shape index (κ1) is 21.0. The molecule has 1 aliphatic rings. The molecule has 0 aromatic heterocycles. The van der Waals surface area contributed by atoms with Gasteiger partial charge in [-0.3, -0.25) is 4.90 Å². The molecular weight excluding hydrogens is 366 g/mol. The minimum atomic E-state index is 0.0186. The van der Waals surface area contributed by atoms with Crippen LogP contribution in [0.4, 0.5) is 4.79 Å². The normalized spacial score (nSPS) is 14.5. The average molecular weight is 398 g/mol. The molecule has 0 unspecified atom stereocenters. The molecule has 2 aromatic rings. The van der Waals surface area contributed by atoms with Crippen LogP contribution in [-0.4, -0.2) is 62.8 Å². The van der Waals surface area contributed by atoms with Crippen molar-refractivity contribution in [2.75, 3.05) is 46.9 Å². The zero-order chi connectivity index (χ0) is 20.6. The number of amides is 2. The van der Waals surface area contributed by atoms with Crippen molar-refractivity contribution >= 4 is 6.03 Å². The first-order chi connectivity index (χ1) is 14.1. The Bertz CT molecular complexity index is 800. The number of urea groups is 1. The molecule has 3 rings (SSSR count). The lowest BCUT2D eigenvalue weighted by molar-refractivity contribution is 0.140. The van der Waals surface area contributed by atoms with E-state index in [9.17, 15) is 4.79 Å². The smallest absolute Gasteiger partial charge is 0.317 e. The molecule has 2 aromatic carbocycles. The summed E-state index contributed by atoms with van der Waals surface area (Å²) in [5, 5.41) is 3.03. The maximum absolute atomic E-state index is 12.4. The summed E-state index contributed by atoms with van der Waals surface area (Å²) < 4.78 is 10.7. The summed E-state index contributed by atoms with van der Waals surface area (Å²) in [6.45, 7) is 6.90. The van der Waals surface area contributed by atoms with Crippen LogP contribution in [0.15, 0.2) is 42.5 Å². The number of ether oxygens (including phenoxy) is 2. The lowest BCUT2D eigenvalue weighted by Gasteiger charge is -2.34. The van der Waals surface area contributed by atoms with E-state index in [1.807, 2.05) is 17.0 Å². The highest BCUT2D eigenvalue weighted by Gasteiger charge is 2.20. The Balaban J connectivity index is 1.40. The summed E-state index contributed by atoms with van der Waals surface area (Å²) in [7, 11) is 3.30. The molecule has 0 radical (unpaired) electrons. The third kappa shape index (κ3) is 5.87. The highest BCUT2D eigenvalue weighted by Crippen LogP contribution is 2.27. The van der Waals surface area contributed by atoms with E-state index in [0.717, 1.165) is 56.2 Å². The van der Waals surface area contributed by atoms with Gasteiger partial charge in [0.1, 0.15) is 0 Å². The van der Waals surface area contributed by atoms with Crippen molar-refractivity contribution in [3.05, 3.63) is 59.2 Å². The molecule has 156 valence electrons. The topological polar surface area (TPSA) is 54.0 Å². The summed E-state index contributed by atoms with van der Waals surface area (Å²) in [5.74, 6) is 1.52. The summed E-state index contributed by atoms with van der Waals surface area (Å²) in [5.41, 5.74) is 3.57. The molecule has 6 heteroatoms.